The van der Waals surface area contributed by atoms with Gasteiger partial charge in [0, 0.05) is 4.90 Å². The number of thioether (sulfide) groups is 1. The third-order valence-electron chi connectivity index (χ3n) is 2.80. The molecule has 21 heavy (non-hydrogen) atoms. The lowest BCUT2D eigenvalue weighted by molar-refractivity contribution is -0.139. The van der Waals surface area contributed by atoms with Crippen LogP contribution in [0.3, 0.4) is 0 Å². The van der Waals surface area contributed by atoms with Gasteiger partial charge >= 0.3 is 5.97 Å². The van der Waals surface area contributed by atoms with Crippen LogP contribution < -0.4 is 5.32 Å². The van der Waals surface area contributed by atoms with Gasteiger partial charge in [-0.2, -0.15) is 0 Å². The predicted octanol–water partition coefficient (Wildman–Crippen LogP) is 3.94. The molecule has 7 heteroatoms. The molecule has 0 aliphatic heterocycles. The molecular formula is C14H17Cl2NO3S. The van der Waals surface area contributed by atoms with E-state index in [9.17, 15) is 9.59 Å². The number of hydrogen-bond donors (Lipinski definition) is 2. The first kappa shape index (κ1) is 18.1. The quantitative estimate of drug-likeness (QED) is 0.763. The number of carboxylic acids is 1. The Hall–Kier alpha value is -0.910. The third kappa shape index (κ3) is 5.09. The van der Waals surface area contributed by atoms with E-state index in [2.05, 4.69) is 5.32 Å². The maximum atomic E-state index is 12.2. The largest absolute Gasteiger partial charge is 0.480 e. The first-order valence-electron chi connectivity index (χ1n) is 6.33. The molecule has 1 aromatic rings. The van der Waals surface area contributed by atoms with Crippen LogP contribution in [-0.4, -0.2) is 29.3 Å². The summed E-state index contributed by atoms with van der Waals surface area (Å²) in [4.78, 5) is 24.1. The van der Waals surface area contributed by atoms with Crippen LogP contribution in [0, 0.1) is 5.92 Å². The fourth-order valence-corrected chi connectivity index (χ4v) is 2.98. The van der Waals surface area contributed by atoms with Gasteiger partial charge < -0.3 is 10.4 Å². The van der Waals surface area contributed by atoms with E-state index in [0.717, 1.165) is 0 Å². The van der Waals surface area contributed by atoms with Crippen LogP contribution in [0.4, 0.5) is 0 Å². The molecule has 1 aromatic carbocycles. The number of nitrogens with one attached hydrogen (secondary N) is 1. The topological polar surface area (TPSA) is 66.4 Å². The van der Waals surface area contributed by atoms with Gasteiger partial charge in [0.1, 0.15) is 6.04 Å². The molecule has 1 unspecified atom stereocenters. The van der Waals surface area contributed by atoms with Crippen molar-refractivity contribution >= 4 is 46.8 Å². The SMILES string of the molecule is CSc1cc(C(=O)NC(CC(C)C)C(=O)O)c(Cl)cc1Cl. The van der Waals surface area contributed by atoms with E-state index < -0.39 is 17.9 Å². The highest BCUT2D eigenvalue weighted by molar-refractivity contribution is 7.98. The zero-order chi connectivity index (χ0) is 16.2. The average Bonchev–Trinajstić information content (AvgIpc) is 2.37. The molecule has 4 nitrogen and oxygen atoms in total. The molecule has 116 valence electrons. The lowest BCUT2D eigenvalue weighted by atomic mass is 10.0. The summed E-state index contributed by atoms with van der Waals surface area (Å²) in [6.45, 7) is 3.78. The molecule has 0 radical (unpaired) electrons. The number of hydrogen-bond acceptors (Lipinski definition) is 3. The van der Waals surface area contributed by atoms with Crippen molar-refractivity contribution in [1.82, 2.24) is 5.32 Å². The lowest BCUT2D eigenvalue weighted by Crippen LogP contribution is -2.41. The number of rotatable bonds is 6. The number of carbonyl (C=O) groups excluding carboxylic acids is 1. The molecule has 0 saturated heterocycles. The van der Waals surface area contributed by atoms with Crippen LogP contribution in [0.2, 0.25) is 10.0 Å². The van der Waals surface area contributed by atoms with Gasteiger partial charge in [-0.1, -0.05) is 37.0 Å². The molecular weight excluding hydrogens is 333 g/mol. The van der Waals surface area contributed by atoms with Crippen molar-refractivity contribution < 1.29 is 14.7 Å². The highest BCUT2D eigenvalue weighted by Crippen LogP contribution is 2.31. The van der Waals surface area contributed by atoms with Crippen LogP contribution in [0.15, 0.2) is 17.0 Å². The summed E-state index contributed by atoms with van der Waals surface area (Å²) in [5.41, 5.74) is 0.223. The number of amides is 1. The molecule has 1 amide bonds. The van der Waals surface area contributed by atoms with Gasteiger partial charge in [-0.15, -0.1) is 11.8 Å². The first-order chi connectivity index (χ1) is 9.76. The zero-order valence-corrected chi connectivity index (χ0v) is 14.3. The van der Waals surface area contributed by atoms with Gasteiger partial charge in [0.15, 0.2) is 0 Å². The molecule has 0 aromatic heterocycles. The van der Waals surface area contributed by atoms with Crippen molar-refractivity contribution in [1.29, 1.82) is 0 Å². The summed E-state index contributed by atoms with van der Waals surface area (Å²) in [6, 6.07) is 2.11. The van der Waals surface area contributed by atoms with Gasteiger partial charge in [-0.05, 0) is 30.7 Å². The van der Waals surface area contributed by atoms with E-state index in [-0.39, 0.29) is 16.5 Å². The fourth-order valence-electron chi connectivity index (χ4n) is 1.79. The molecule has 0 aliphatic rings. The molecule has 0 heterocycles. The molecule has 0 fully saturated rings. The molecule has 2 N–H and O–H groups in total. The standard InChI is InChI=1S/C14H17Cl2NO3S/c1-7(2)4-11(14(19)20)17-13(18)8-5-12(21-3)10(16)6-9(8)15/h5-7,11H,4H2,1-3H3,(H,17,18)(H,19,20). The summed E-state index contributed by atoms with van der Waals surface area (Å²) in [6.07, 6.45) is 2.18. The Labute approximate surface area is 138 Å². The van der Waals surface area contributed by atoms with E-state index in [1.165, 1.54) is 17.8 Å². The lowest BCUT2D eigenvalue weighted by Gasteiger charge is -2.17. The Balaban J connectivity index is 3.00. The fraction of sp³-hybridized carbons (Fsp3) is 0.429. The van der Waals surface area contributed by atoms with E-state index >= 15 is 0 Å². The second-order valence-corrected chi connectivity index (χ2v) is 6.62. The van der Waals surface area contributed by atoms with Crippen LogP contribution in [0.1, 0.15) is 30.6 Å². The normalized spacial score (nSPS) is 12.3. The number of halogens is 2. The minimum atomic E-state index is -1.06. The Kier molecular flexibility index (Phi) is 6.84. The van der Waals surface area contributed by atoms with Crippen molar-refractivity contribution in [2.24, 2.45) is 5.92 Å². The van der Waals surface area contributed by atoms with Crippen molar-refractivity contribution in [2.45, 2.75) is 31.2 Å². The van der Waals surface area contributed by atoms with Gasteiger partial charge in [0.25, 0.3) is 5.91 Å². The highest BCUT2D eigenvalue weighted by Gasteiger charge is 2.23. The van der Waals surface area contributed by atoms with Crippen LogP contribution in [0.5, 0.6) is 0 Å². The number of benzene rings is 1. The Morgan fingerprint density at radius 3 is 2.38 bits per heavy atom. The van der Waals surface area contributed by atoms with Crippen molar-refractivity contribution in [3.8, 4) is 0 Å². The molecule has 1 rings (SSSR count). The Morgan fingerprint density at radius 1 is 1.29 bits per heavy atom. The van der Waals surface area contributed by atoms with E-state index in [1.807, 2.05) is 20.1 Å². The van der Waals surface area contributed by atoms with Gasteiger partial charge in [0.05, 0.1) is 15.6 Å². The highest BCUT2D eigenvalue weighted by atomic mass is 35.5. The molecule has 0 spiro atoms. The third-order valence-corrected chi connectivity index (χ3v) is 4.31. The minimum Gasteiger partial charge on any atom is -0.480 e. The van der Waals surface area contributed by atoms with Crippen molar-refractivity contribution in [3.05, 3.63) is 27.7 Å². The van der Waals surface area contributed by atoms with Crippen molar-refractivity contribution in [2.75, 3.05) is 6.26 Å². The van der Waals surface area contributed by atoms with E-state index in [4.69, 9.17) is 28.3 Å². The second-order valence-electron chi connectivity index (χ2n) is 4.96. The maximum absolute atomic E-state index is 12.2. The summed E-state index contributed by atoms with van der Waals surface area (Å²) < 4.78 is 0. The molecule has 1 atom stereocenters. The summed E-state index contributed by atoms with van der Waals surface area (Å²) in [5, 5.41) is 12.3. The van der Waals surface area contributed by atoms with Gasteiger partial charge in [-0.25, -0.2) is 4.79 Å². The zero-order valence-electron chi connectivity index (χ0n) is 11.9. The second kappa shape index (κ2) is 7.92. The van der Waals surface area contributed by atoms with E-state index in [0.29, 0.717) is 16.3 Å². The summed E-state index contributed by atoms with van der Waals surface area (Å²) >= 11 is 13.4. The van der Waals surface area contributed by atoms with Crippen LogP contribution in [-0.2, 0) is 4.79 Å². The van der Waals surface area contributed by atoms with Gasteiger partial charge in [-0.3, -0.25) is 4.79 Å². The van der Waals surface area contributed by atoms with Crippen molar-refractivity contribution in [3.63, 3.8) is 0 Å². The maximum Gasteiger partial charge on any atom is 0.326 e. The monoisotopic (exact) mass is 349 g/mol. The smallest absolute Gasteiger partial charge is 0.326 e. The first-order valence-corrected chi connectivity index (χ1v) is 8.31. The molecule has 0 aliphatic carbocycles. The summed E-state index contributed by atoms with van der Waals surface area (Å²) in [5.74, 6) is -1.43. The van der Waals surface area contributed by atoms with E-state index in [1.54, 1.807) is 6.07 Å². The Bertz CT molecular complexity index is 549. The predicted molar refractivity (Wildman–Crippen MR) is 86.6 cm³/mol. The van der Waals surface area contributed by atoms with Crippen LogP contribution >= 0.6 is 35.0 Å². The number of carbonyl (C=O) groups is 2. The summed E-state index contributed by atoms with van der Waals surface area (Å²) in [7, 11) is 0. The minimum absolute atomic E-state index is 0.147. The average molecular weight is 350 g/mol. The number of aliphatic carboxylic acids is 1. The molecule has 0 bridgehead atoms. The van der Waals surface area contributed by atoms with Gasteiger partial charge in [0.2, 0.25) is 0 Å². The van der Waals surface area contributed by atoms with Crippen LogP contribution in [0.25, 0.3) is 0 Å². The Morgan fingerprint density at radius 2 is 1.90 bits per heavy atom. The number of carboxylic acid groups (broad SMARTS) is 1. The molecule has 0 saturated carbocycles.